The molecule has 2 N–H and O–H groups in total. The number of carbonyl (C=O) groups is 1. The van der Waals surface area contributed by atoms with Crippen LogP contribution in [0.2, 0.25) is 0 Å². The number of aromatic amines is 1. The molecular weight excluding hydrogens is 433 g/mol. The van der Waals surface area contributed by atoms with Gasteiger partial charge in [0.1, 0.15) is 17.4 Å². The van der Waals surface area contributed by atoms with Crippen molar-refractivity contribution in [3.8, 4) is 23.1 Å². The molecule has 0 atom stereocenters. The molecule has 1 aromatic heterocycles. The predicted molar refractivity (Wildman–Crippen MR) is 107 cm³/mol. The lowest BCUT2D eigenvalue weighted by Crippen LogP contribution is -2.18. The summed E-state index contributed by atoms with van der Waals surface area (Å²) in [7, 11) is 0. The first kappa shape index (κ1) is 21.9. The summed E-state index contributed by atoms with van der Waals surface area (Å²) in [4.78, 5) is 31.1. The van der Waals surface area contributed by atoms with Crippen LogP contribution in [-0.4, -0.2) is 28.0 Å². The maximum atomic E-state index is 12.2. The van der Waals surface area contributed by atoms with Gasteiger partial charge >= 0.3 is 6.36 Å². The number of hydrogen-bond donors (Lipinski definition) is 2. The van der Waals surface area contributed by atoms with Crippen molar-refractivity contribution in [2.75, 3.05) is 11.1 Å². The smallest absolute Gasteiger partial charge is 0.406 e. The van der Waals surface area contributed by atoms with Crippen molar-refractivity contribution >= 4 is 23.4 Å². The van der Waals surface area contributed by atoms with Gasteiger partial charge in [0, 0.05) is 11.3 Å². The van der Waals surface area contributed by atoms with Crippen molar-refractivity contribution in [1.29, 1.82) is 5.26 Å². The summed E-state index contributed by atoms with van der Waals surface area (Å²) in [6.07, 6.45) is -4.80. The quantitative estimate of drug-likeness (QED) is 0.439. The minimum Gasteiger partial charge on any atom is -0.406 e. The molecule has 1 heterocycles. The third-order valence-electron chi connectivity index (χ3n) is 3.77. The summed E-state index contributed by atoms with van der Waals surface area (Å²) >= 11 is 0.939. The molecule has 3 rings (SSSR count). The highest BCUT2D eigenvalue weighted by Crippen LogP contribution is 2.25. The van der Waals surface area contributed by atoms with E-state index in [1.807, 2.05) is 6.07 Å². The van der Waals surface area contributed by atoms with E-state index in [0.29, 0.717) is 5.56 Å². The normalized spacial score (nSPS) is 10.9. The van der Waals surface area contributed by atoms with Gasteiger partial charge in [-0.05, 0) is 24.3 Å². The second kappa shape index (κ2) is 9.36. The predicted octanol–water partition coefficient (Wildman–Crippen LogP) is 3.94. The molecule has 1 amide bonds. The van der Waals surface area contributed by atoms with E-state index in [2.05, 4.69) is 20.0 Å². The summed E-state index contributed by atoms with van der Waals surface area (Å²) in [5.74, 6) is -1.01. The maximum Gasteiger partial charge on any atom is 0.573 e. The summed E-state index contributed by atoms with van der Waals surface area (Å²) in [5, 5.41) is 11.9. The van der Waals surface area contributed by atoms with Crippen molar-refractivity contribution in [2.24, 2.45) is 0 Å². The van der Waals surface area contributed by atoms with Crippen molar-refractivity contribution < 1.29 is 22.7 Å². The van der Waals surface area contributed by atoms with Gasteiger partial charge in [0.25, 0.3) is 5.56 Å². The molecule has 0 saturated carbocycles. The summed E-state index contributed by atoms with van der Waals surface area (Å²) < 4.78 is 40.3. The van der Waals surface area contributed by atoms with Crippen molar-refractivity contribution in [2.45, 2.75) is 11.5 Å². The van der Waals surface area contributed by atoms with Gasteiger partial charge in [-0.1, -0.05) is 42.1 Å². The van der Waals surface area contributed by atoms with Crippen LogP contribution in [0.25, 0.3) is 11.3 Å². The van der Waals surface area contributed by atoms with Gasteiger partial charge in [-0.3, -0.25) is 9.59 Å². The number of nitrogens with one attached hydrogen (secondary N) is 2. The lowest BCUT2D eigenvalue weighted by molar-refractivity contribution is -0.274. The molecule has 0 radical (unpaired) electrons. The van der Waals surface area contributed by atoms with Crippen LogP contribution in [0.5, 0.6) is 5.75 Å². The van der Waals surface area contributed by atoms with Crippen LogP contribution in [0.3, 0.4) is 0 Å². The Morgan fingerprint density at radius 2 is 1.84 bits per heavy atom. The van der Waals surface area contributed by atoms with E-state index < -0.39 is 23.6 Å². The Kier molecular flexibility index (Phi) is 6.61. The molecule has 31 heavy (non-hydrogen) atoms. The van der Waals surface area contributed by atoms with Gasteiger partial charge in [-0.2, -0.15) is 5.26 Å². The first-order chi connectivity index (χ1) is 14.7. The van der Waals surface area contributed by atoms with E-state index in [1.54, 1.807) is 30.3 Å². The standard InChI is InChI=1S/C20H13F3N4O3S/c21-20(22,23)30-14-8-6-13(7-9-14)25-16(28)11-31-19-26-17(12-4-2-1-3-5-12)15(10-24)18(29)27-19/h1-9H,11H2,(H,25,28)(H,26,27,29). The van der Waals surface area contributed by atoms with Crippen LogP contribution in [-0.2, 0) is 4.79 Å². The lowest BCUT2D eigenvalue weighted by Gasteiger charge is -2.10. The minimum absolute atomic E-state index is 0.135. The highest BCUT2D eigenvalue weighted by molar-refractivity contribution is 7.99. The zero-order valence-corrected chi connectivity index (χ0v) is 16.4. The van der Waals surface area contributed by atoms with Crippen LogP contribution >= 0.6 is 11.8 Å². The number of alkyl halides is 3. The van der Waals surface area contributed by atoms with Crippen LogP contribution in [0, 0.1) is 11.3 Å². The number of nitrogens with zero attached hydrogens (tertiary/aromatic N) is 2. The zero-order valence-electron chi connectivity index (χ0n) is 15.6. The first-order valence-corrected chi connectivity index (χ1v) is 9.62. The van der Waals surface area contributed by atoms with Gasteiger partial charge < -0.3 is 15.0 Å². The SMILES string of the molecule is N#Cc1c(-c2ccccc2)nc(SCC(=O)Nc2ccc(OC(F)(F)F)cc2)[nH]c1=O. The second-order valence-electron chi connectivity index (χ2n) is 5.98. The Bertz CT molecular complexity index is 1170. The van der Waals surface area contributed by atoms with Crippen LogP contribution in [0.4, 0.5) is 18.9 Å². The summed E-state index contributed by atoms with van der Waals surface area (Å²) in [5.41, 5.74) is 0.291. The van der Waals surface area contributed by atoms with Crippen LogP contribution in [0.15, 0.2) is 64.5 Å². The third kappa shape index (κ3) is 6.10. The van der Waals surface area contributed by atoms with Crippen LogP contribution in [0.1, 0.15) is 5.56 Å². The largest absolute Gasteiger partial charge is 0.573 e. The number of hydrogen-bond acceptors (Lipinski definition) is 6. The fraction of sp³-hybridized carbons (Fsp3) is 0.100. The van der Waals surface area contributed by atoms with E-state index >= 15 is 0 Å². The van der Waals surface area contributed by atoms with Crippen LogP contribution < -0.4 is 15.6 Å². The Labute approximate surface area is 177 Å². The molecule has 0 fully saturated rings. The Balaban J connectivity index is 1.67. The highest BCUT2D eigenvalue weighted by atomic mass is 32.2. The number of carbonyl (C=O) groups excluding carboxylic acids is 1. The van der Waals surface area contributed by atoms with Gasteiger partial charge in [0.05, 0.1) is 11.4 Å². The van der Waals surface area contributed by atoms with Gasteiger partial charge in [0.2, 0.25) is 5.91 Å². The van der Waals surface area contributed by atoms with E-state index in [4.69, 9.17) is 0 Å². The number of thioether (sulfide) groups is 1. The van der Waals surface area contributed by atoms with Gasteiger partial charge in [0.15, 0.2) is 5.16 Å². The lowest BCUT2D eigenvalue weighted by atomic mass is 10.1. The number of ether oxygens (including phenoxy) is 1. The molecule has 0 spiro atoms. The average Bonchev–Trinajstić information content (AvgIpc) is 2.73. The van der Waals surface area contributed by atoms with E-state index in [0.717, 1.165) is 23.9 Å². The molecular formula is C20H13F3N4O3S. The Hall–Kier alpha value is -3.78. The first-order valence-electron chi connectivity index (χ1n) is 8.63. The Morgan fingerprint density at radius 3 is 2.45 bits per heavy atom. The Morgan fingerprint density at radius 1 is 1.16 bits per heavy atom. The number of rotatable bonds is 6. The van der Waals surface area contributed by atoms with E-state index in [-0.39, 0.29) is 27.9 Å². The average molecular weight is 446 g/mol. The molecule has 0 bridgehead atoms. The van der Waals surface area contributed by atoms with Gasteiger partial charge in [-0.15, -0.1) is 13.2 Å². The maximum absolute atomic E-state index is 12.2. The number of nitriles is 1. The zero-order chi connectivity index (χ0) is 22.4. The van der Waals surface area contributed by atoms with Crippen molar-refractivity contribution in [3.63, 3.8) is 0 Å². The molecule has 3 aromatic rings. The monoisotopic (exact) mass is 446 g/mol. The van der Waals surface area contributed by atoms with E-state index in [9.17, 15) is 28.0 Å². The topological polar surface area (TPSA) is 108 Å². The molecule has 158 valence electrons. The van der Waals surface area contributed by atoms with Crippen molar-refractivity contribution in [3.05, 3.63) is 70.5 Å². The molecule has 2 aromatic carbocycles. The molecule has 0 saturated heterocycles. The number of benzene rings is 2. The molecule has 0 unspecified atom stereocenters. The summed E-state index contributed by atoms with van der Waals surface area (Å²) in [6, 6.07) is 15.2. The molecule has 0 aliphatic carbocycles. The van der Waals surface area contributed by atoms with E-state index in [1.165, 1.54) is 12.1 Å². The number of aromatic nitrogens is 2. The molecule has 0 aliphatic rings. The minimum atomic E-state index is -4.80. The third-order valence-corrected chi connectivity index (χ3v) is 4.64. The van der Waals surface area contributed by atoms with Crippen molar-refractivity contribution in [1.82, 2.24) is 9.97 Å². The number of anilines is 1. The fourth-order valence-electron chi connectivity index (χ4n) is 2.50. The number of halogens is 3. The molecule has 7 nitrogen and oxygen atoms in total. The highest BCUT2D eigenvalue weighted by Gasteiger charge is 2.31. The number of H-pyrrole nitrogens is 1. The molecule has 11 heteroatoms. The summed E-state index contributed by atoms with van der Waals surface area (Å²) in [6.45, 7) is 0. The van der Waals surface area contributed by atoms with Gasteiger partial charge in [-0.25, -0.2) is 4.98 Å². The number of amides is 1. The fourth-order valence-corrected chi connectivity index (χ4v) is 3.16. The second-order valence-corrected chi connectivity index (χ2v) is 6.95. The molecule has 0 aliphatic heterocycles.